The van der Waals surface area contributed by atoms with Crippen LogP contribution >= 0.6 is 11.6 Å². The Hall–Kier alpha value is -4.23. The molecule has 2 amide bonds. The molecule has 40 heavy (non-hydrogen) atoms. The van der Waals surface area contributed by atoms with Crippen molar-refractivity contribution < 1.29 is 36.2 Å². The van der Waals surface area contributed by atoms with Crippen LogP contribution in [0, 0.1) is 11.6 Å². The number of hydrogen-bond acceptors (Lipinski definition) is 6. The van der Waals surface area contributed by atoms with Gasteiger partial charge in [0.15, 0.2) is 11.6 Å². The van der Waals surface area contributed by atoms with Crippen LogP contribution in [0.1, 0.15) is 5.56 Å². The van der Waals surface area contributed by atoms with Crippen molar-refractivity contribution >= 4 is 45.9 Å². The van der Waals surface area contributed by atoms with Gasteiger partial charge in [0.2, 0.25) is 5.82 Å². The summed E-state index contributed by atoms with van der Waals surface area (Å²) < 4.78 is 79.6. The summed E-state index contributed by atoms with van der Waals surface area (Å²) in [5, 5.41) is 3.63. The molecule has 0 atom stereocenters. The first kappa shape index (κ1) is 27.3. The van der Waals surface area contributed by atoms with Crippen LogP contribution in [0.25, 0.3) is 11.0 Å². The number of nitrogens with zero attached hydrogens (tertiary/aromatic N) is 3. The van der Waals surface area contributed by atoms with E-state index in [1.54, 1.807) is 12.3 Å². The number of amides is 2. The highest BCUT2D eigenvalue weighted by Gasteiger charge is 2.33. The monoisotopic (exact) mass is 579 g/mol. The van der Waals surface area contributed by atoms with E-state index in [0.717, 1.165) is 24.3 Å². The topological polar surface area (TPSA) is 88.6 Å². The van der Waals surface area contributed by atoms with Crippen LogP contribution in [0.5, 0.6) is 11.5 Å². The number of morpholine rings is 1. The van der Waals surface area contributed by atoms with Crippen molar-refractivity contribution in [2.24, 2.45) is 0 Å². The molecule has 0 saturated carbocycles. The molecule has 0 spiro atoms. The fourth-order valence-corrected chi connectivity index (χ4v) is 4.15. The summed E-state index contributed by atoms with van der Waals surface area (Å²) in [6.45, 7) is 2.46. The normalized spacial score (nSPS) is 13.8. The number of fused-ring (bicyclic) bond motifs is 1. The number of hydrogen-bond donors (Lipinski definition) is 2. The SMILES string of the molecule is O=C(Nc1ccc(Cl)c(C(F)(F)F)c1)Nc1ccc(Oc2ccc3ncc(N4CCOCC4)nc3c2)c(F)c1F. The Balaban J connectivity index is 1.30. The number of nitrogens with one attached hydrogen (secondary N) is 2. The fourth-order valence-electron chi connectivity index (χ4n) is 3.93. The first-order valence-electron chi connectivity index (χ1n) is 11.8. The summed E-state index contributed by atoms with van der Waals surface area (Å²) in [4.78, 5) is 23.2. The number of rotatable bonds is 5. The molecule has 0 aliphatic carbocycles. The molecule has 3 aromatic carbocycles. The molecular weight excluding hydrogens is 561 g/mol. The molecule has 4 aromatic rings. The van der Waals surface area contributed by atoms with Crippen molar-refractivity contribution in [3.63, 3.8) is 0 Å². The predicted octanol–water partition coefficient (Wildman–Crippen LogP) is 6.85. The number of alkyl halides is 3. The number of halogens is 6. The van der Waals surface area contributed by atoms with Gasteiger partial charge in [-0.3, -0.25) is 4.98 Å². The quantitative estimate of drug-likeness (QED) is 0.251. The third-order valence-electron chi connectivity index (χ3n) is 5.89. The summed E-state index contributed by atoms with van der Waals surface area (Å²) in [5.41, 5.74) is -0.932. The van der Waals surface area contributed by atoms with E-state index in [1.165, 1.54) is 12.1 Å². The Morgan fingerprint density at radius 2 is 1.75 bits per heavy atom. The highest BCUT2D eigenvalue weighted by Crippen LogP contribution is 2.36. The zero-order valence-corrected chi connectivity index (χ0v) is 21.1. The Kier molecular flexibility index (Phi) is 7.59. The molecule has 0 unspecified atom stereocenters. The van der Waals surface area contributed by atoms with Gasteiger partial charge in [-0.1, -0.05) is 11.6 Å². The zero-order chi connectivity index (χ0) is 28.4. The second-order valence-corrected chi connectivity index (χ2v) is 9.00. The molecule has 8 nitrogen and oxygen atoms in total. The second kappa shape index (κ2) is 11.1. The van der Waals surface area contributed by atoms with E-state index < -0.39 is 45.9 Å². The van der Waals surface area contributed by atoms with E-state index in [-0.39, 0.29) is 11.4 Å². The minimum absolute atomic E-state index is 0.167. The average Bonchev–Trinajstić information content (AvgIpc) is 2.93. The van der Waals surface area contributed by atoms with Gasteiger partial charge in [-0.15, -0.1) is 0 Å². The van der Waals surface area contributed by atoms with Gasteiger partial charge in [0.05, 0.1) is 46.7 Å². The van der Waals surface area contributed by atoms with E-state index in [9.17, 15) is 26.7 Å². The second-order valence-electron chi connectivity index (χ2n) is 8.59. The first-order valence-corrected chi connectivity index (χ1v) is 12.2. The fraction of sp³-hybridized carbons (Fsp3) is 0.192. The Morgan fingerprint density at radius 3 is 2.50 bits per heavy atom. The van der Waals surface area contributed by atoms with Crippen molar-refractivity contribution in [1.29, 1.82) is 0 Å². The number of carbonyl (C=O) groups is 1. The van der Waals surface area contributed by atoms with Gasteiger partial charge in [0, 0.05) is 24.8 Å². The van der Waals surface area contributed by atoms with Crippen LogP contribution < -0.4 is 20.3 Å². The van der Waals surface area contributed by atoms with Gasteiger partial charge in [0.1, 0.15) is 11.6 Å². The first-order chi connectivity index (χ1) is 19.1. The standard InChI is InChI=1S/C26H19ClF5N5O3/c27-17-3-1-14(11-16(17)26(30,31)32)34-25(38)36-19-5-6-21(24(29)23(19)28)40-15-2-4-18-20(12-15)35-22(13-33-18)37-7-9-39-10-8-37/h1-6,11-13H,7-10H2,(H2,34,36,38). The summed E-state index contributed by atoms with van der Waals surface area (Å²) >= 11 is 5.56. The van der Waals surface area contributed by atoms with Crippen LogP contribution in [-0.4, -0.2) is 42.3 Å². The van der Waals surface area contributed by atoms with Crippen molar-refractivity contribution in [1.82, 2.24) is 9.97 Å². The van der Waals surface area contributed by atoms with Gasteiger partial charge < -0.3 is 25.0 Å². The maximum absolute atomic E-state index is 14.8. The van der Waals surface area contributed by atoms with Crippen molar-refractivity contribution in [3.05, 3.63) is 76.9 Å². The van der Waals surface area contributed by atoms with Gasteiger partial charge in [-0.25, -0.2) is 14.2 Å². The Bertz CT molecular complexity index is 1580. The lowest BCUT2D eigenvalue weighted by Gasteiger charge is -2.27. The Morgan fingerprint density at radius 1 is 0.975 bits per heavy atom. The summed E-state index contributed by atoms with van der Waals surface area (Å²) in [6.07, 6.45) is -3.10. The zero-order valence-electron chi connectivity index (χ0n) is 20.4. The van der Waals surface area contributed by atoms with Gasteiger partial charge >= 0.3 is 12.2 Å². The number of ether oxygens (including phenoxy) is 2. The van der Waals surface area contributed by atoms with Crippen LogP contribution in [0.3, 0.4) is 0 Å². The minimum Gasteiger partial charge on any atom is -0.454 e. The lowest BCUT2D eigenvalue weighted by Crippen LogP contribution is -2.36. The molecule has 0 radical (unpaired) electrons. The molecule has 2 N–H and O–H groups in total. The smallest absolute Gasteiger partial charge is 0.417 e. The molecule has 1 saturated heterocycles. The largest absolute Gasteiger partial charge is 0.454 e. The van der Waals surface area contributed by atoms with E-state index in [0.29, 0.717) is 49.2 Å². The molecule has 1 aliphatic heterocycles. The molecule has 2 heterocycles. The highest BCUT2D eigenvalue weighted by molar-refractivity contribution is 6.31. The molecule has 14 heteroatoms. The third-order valence-corrected chi connectivity index (χ3v) is 6.22. The summed E-state index contributed by atoms with van der Waals surface area (Å²) in [5.74, 6) is -2.48. The molecule has 1 fully saturated rings. The number of urea groups is 1. The van der Waals surface area contributed by atoms with Crippen molar-refractivity contribution in [2.75, 3.05) is 41.8 Å². The number of carbonyl (C=O) groups excluding carboxylic acids is 1. The van der Waals surface area contributed by atoms with Crippen LogP contribution in [0.15, 0.2) is 54.7 Å². The van der Waals surface area contributed by atoms with Crippen molar-refractivity contribution in [3.8, 4) is 11.5 Å². The molecular formula is C26H19ClF5N5O3. The van der Waals surface area contributed by atoms with E-state index >= 15 is 0 Å². The maximum Gasteiger partial charge on any atom is 0.417 e. The van der Waals surface area contributed by atoms with Crippen LogP contribution in [0.2, 0.25) is 5.02 Å². The van der Waals surface area contributed by atoms with E-state index in [2.05, 4.69) is 20.6 Å². The van der Waals surface area contributed by atoms with E-state index in [4.69, 9.17) is 21.1 Å². The number of anilines is 3. The Labute approximate surface area is 228 Å². The lowest BCUT2D eigenvalue weighted by molar-refractivity contribution is -0.137. The third kappa shape index (κ3) is 6.00. The van der Waals surface area contributed by atoms with Crippen molar-refractivity contribution in [2.45, 2.75) is 6.18 Å². The predicted molar refractivity (Wildman–Crippen MR) is 138 cm³/mol. The van der Waals surface area contributed by atoms with Crippen LogP contribution in [-0.2, 0) is 10.9 Å². The number of aromatic nitrogens is 2. The summed E-state index contributed by atoms with van der Waals surface area (Å²) in [6, 6.07) is 8.41. The minimum atomic E-state index is -4.75. The highest BCUT2D eigenvalue weighted by atomic mass is 35.5. The maximum atomic E-state index is 14.8. The molecule has 5 rings (SSSR count). The molecule has 1 aliphatic rings. The van der Waals surface area contributed by atoms with Gasteiger partial charge in [-0.2, -0.15) is 17.6 Å². The molecule has 0 bridgehead atoms. The molecule has 1 aromatic heterocycles. The number of benzene rings is 3. The summed E-state index contributed by atoms with van der Waals surface area (Å²) in [7, 11) is 0. The lowest BCUT2D eigenvalue weighted by atomic mass is 10.2. The van der Waals surface area contributed by atoms with E-state index in [1.807, 2.05) is 4.90 Å². The molecule has 208 valence electrons. The van der Waals surface area contributed by atoms with Gasteiger partial charge in [-0.05, 0) is 42.5 Å². The average molecular weight is 580 g/mol. The van der Waals surface area contributed by atoms with Crippen LogP contribution in [0.4, 0.5) is 43.9 Å². The van der Waals surface area contributed by atoms with Gasteiger partial charge in [0.25, 0.3) is 0 Å².